The lowest BCUT2D eigenvalue weighted by Crippen LogP contribution is -2.14. The Kier molecular flexibility index (Phi) is 3.80. The Morgan fingerprint density at radius 3 is 2.11 bits per heavy atom. The second kappa shape index (κ2) is 5.18. The van der Waals surface area contributed by atoms with Gasteiger partial charge in [-0.25, -0.2) is 0 Å². The van der Waals surface area contributed by atoms with Crippen LogP contribution in [0.25, 0.3) is 0 Å². The molecule has 1 aromatic rings. The van der Waals surface area contributed by atoms with E-state index in [0.29, 0.717) is 33.7 Å². The van der Waals surface area contributed by atoms with Crippen molar-refractivity contribution >= 4 is 21.7 Å². The fraction of sp³-hybridized carbons (Fsp3) is 0.462. The van der Waals surface area contributed by atoms with E-state index in [4.69, 9.17) is 14.2 Å². The number of rotatable bonds is 3. The minimum absolute atomic E-state index is 0.113. The summed E-state index contributed by atoms with van der Waals surface area (Å²) in [5.41, 5.74) is 1.56. The molecule has 0 aliphatic heterocycles. The van der Waals surface area contributed by atoms with Gasteiger partial charge in [0.2, 0.25) is 5.75 Å². The molecule has 0 saturated heterocycles. The quantitative estimate of drug-likeness (QED) is 0.860. The van der Waals surface area contributed by atoms with E-state index in [2.05, 4.69) is 15.9 Å². The smallest absolute Gasteiger partial charge is 0.204 e. The summed E-state index contributed by atoms with van der Waals surface area (Å²) in [5, 5.41) is 0. The molecule has 0 bridgehead atoms. The molecule has 0 N–H and O–H groups in total. The van der Waals surface area contributed by atoms with E-state index in [0.717, 1.165) is 18.4 Å². The van der Waals surface area contributed by atoms with Gasteiger partial charge in [-0.1, -0.05) is 0 Å². The molecule has 4 nitrogen and oxygen atoms in total. The molecule has 98 valence electrons. The van der Waals surface area contributed by atoms with Crippen LogP contribution in [0.3, 0.4) is 0 Å². The molecule has 0 amide bonds. The third-order valence-electron chi connectivity index (χ3n) is 3.13. The first-order valence-electron chi connectivity index (χ1n) is 5.69. The fourth-order valence-corrected chi connectivity index (χ4v) is 3.17. The number of hydrogen-bond acceptors (Lipinski definition) is 4. The van der Waals surface area contributed by atoms with Gasteiger partial charge >= 0.3 is 0 Å². The van der Waals surface area contributed by atoms with Crippen LogP contribution in [0.1, 0.15) is 28.8 Å². The third kappa shape index (κ3) is 1.86. The van der Waals surface area contributed by atoms with Crippen molar-refractivity contribution in [2.75, 3.05) is 21.3 Å². The minimum Gasteiger partial charge on any atom is -0.492 e. The van der Waals surface area contributed by atoms with E-state index >= 15 is 0 Å². The summed E-state index contributed by atoms with van der Waals surface area (Å²) < 4.78 is 16.7. The zero-order valence-electron chi connectivity index (χ0n) is 10.6. The van der Waals surface area contributed by atoms with Crippen molar-refractivity contribution in [2.45, 2.75) is 19.3 Å². The average Bonchev–Trinajstić information content (AvgIpc) is 2.38. The monoisotopic (exact) mass is 314 g/mol. The van der Waals surface area contributed by atoms with Gasteiger partial charge in [-0.15, -0.1) is 0 Å². The largest absolute Gasteiger partial charge is 0.492 e. The van der Waals surface area contributed by atoms with Gasteiger partial charge in [0, 0.05) is 17.5 Å². The van der Waals surface area contributed by atoms with E-state index in [1.54, 1.807) is 21.3 Å². The normalized spacial score (nSPS) is 14.1. The maximum atomic E-state index is 12.1. The van der Waals surface area contributed by atoms with Gasteiger partial charge in [0.1, 0.15) is 0 Å². The topological polar surface area (TPSA) is 44.8 Å². The summed E-state index contributed by atoms with van der Waals surface area (Å²) in [5.74, 6) is 1.74. The van der Waals surface area contributed by atoms with E-state index in [1.807, 2.05) is 0 Å². The first-order valence-corrected chi connectivity index (χ1v) is 6.48. The van der Waals surface area contributed by atoms with Crippen LogP contribution in [0.2, 0.25) is 0 Å². The van der Waals surface area contributed by atoms with Crippen molar-refractivity contribution in [3.05, 3.63) is 15.6 Å². The van der Waals surface area contributed by atoms with Crippen LogP contribution in [0, 0.1) is 0 Å². The number of benzene rings is 1. The Morgan fingerprint density at radius 2 is 1.56 bits per heavy atom. The predicted octanol–water partition coefficient (Wildman–Crippen LogP) is 2.99. The van der Waals surface area contributed by atoms with Gasteiger partial charge in [0.25, 0.3) is 0 Å². The van der Waals surface area contributed by atoms with Crippen molar-refractivity contribution < 1.29 is 19.0 Å². The molecule has 0 spiro atoms. The molecule has 0 aromatic heterocycles. The van der Waals surface area contributed by atoms with Crippen LogP contribution in [0.15, 0.2) is 4.47 Å². The minimum atomic E-state index is 0.113. The van der Waals surface area contributed by atoms with Crippen molar-refractivity contribution in [3.63, 3.8) is 0 Å². The standard InChI is InChI=1S/C13H15BrO4/c1-16-11-7-5-4-6-8(15)9(7)10(14)12(17-2)13(11)18-3/h4-6H2,1-3H3. The van der Waals surface area contributed by atoms with Crippen LogP contribution in [-0.4, -0.2) is 27.1 Å². The molecule has 0 atom stereocenters. The Morgan fingerprint density at radius 1 is 0.944 bits per heavy atom. The van der Waals surface area contributed by atoms with Gasteiger partial charge in [0.05, 0.1) is 25.8 Å². The van der Waals surface area contributed by atoms with Crippen LogP contribution in [0.4, 0.5) is 0 Å². The number of carbonyl (C=O) groups excluding carboxylic acids is 1. The number of methoxy groups -OCH3 is 3. The molecule has 0 unspecified atom stereocenters. The molecule has 0 fully saturated rings. The van der Waals surface area contributed by atoms with Gasteiger partial charge in [-0.3, -0.25) is 4.79 Å². The number of hydrogen-bond donors (Lipinski definition) is 0. The average molecular weight is 315 g/mol. The lowest BCUT2D eigenvalue weighted by atomic mass is 9.89. The van der Waals surface area contributed by atoms with Gasteiger partial charge < -0.3 is 14.2 Å². The van der Waals surface area contributed by atoms with Crippen molar-refractivity contribution in [1.29, 1.82) is 0 Å². The summed E-state index contributed by atoms with van der Waals surface area (Å²) >= 11 is 3.44. The summed E-state index contributed by atoms with van der Waals surface area (Å²) in [6, 6.07) is 0. The summed E-state index contributed by atoms with van der Waals surface area (Å²) in [6.45, 7) is 0. The van der Waals surface area contributed by atoms with E-state index < -0.39 is 0 Å². The fourth-order valence-electron chi connectivity index (χ4n) is 2.36. The Labute approximate surface area is 114 Å². The molecule has 18 heavy (non-hydrogen) atoms. The Balaban J connectivity index is 2.80. The highest BCUT2D eigenvalue weighted by molar-refractivity contribution is 9.10. The maximum Gasteiger partial charge on any atom is 0.204 e. The number of Topliss-reactive ketones (excluding diaryl/α,β-unsaturated/α-hetero) is 1. The van der Waals surface area contributed by atoms with Crippen LogP contribution < -0.4 is 14.2 Å². The molecule has 1 aliphatic carbocycles. The molecule has 1 aliphatic rings. The highest BCUT2D eigenvalue weighted by Gasteiger charge is 2.30. The second-order valence-corrected chi connectivity index (χ2v) is 4.84. The van der Waals surface area contributed by atoms with Crippen molar-refractivity contribution in [3.8, 4) is 17.2 Å². The summed E-state index contributed by atoms with van der Waals surface area (Å²) in [7, 11) is 4.68. The number of ether oxygens (including phenoxy) is 3. The molecule has 2 rings (SSSR count). The summed E-state index contributed by atoms with van der Waals surface area (Å²) in [6.07, 6.45) is 2.21. The number of fused-ring (bicyclic) bond motifs is 1. The van der Waals surface area contributed by atoms with Gasteiger partial charge in [-0.05, 0) is 28.8 Å². The zero-order valence-corrected chi connectivity index (χ0v) is 12.2. The first-order chi connectivity index (χ1) is 8.65. The maximum absolute atomic E-state index is 12.1. The highest BCUT2D eigenvalue weighted by Crippen LogP contribution is 2.49. The van der Waals surface area contributed by atoms with Crippen molar-refractivity contribution in [1.82, 2.24) is 0 Å². The lowest BCUT2D eigenvalue weighted by molar-refractivity contribution is 0.0970. The Bertz CT molecular complexity index is 496. The third-order valence-corrected chi connectivity index (χ3v) is 3.89. The van der Waals surface area contributed by atoms with E-state index in [-0.39, 0.29) is 5.78 Å². The predicted molar refractivity (Wildman–Crippen MR) is 71.1 cm³/mol. The Hall–Kier alpha value is -1.23. The van der Waals surface area contributed by atoms with Crippen molar-refractivity contribution in [2.24, 2.45) is 0 Å². The molecule has 5 heteroatoms. The first kappa shape index (κ1) is 13.2. The number of halogens is 1. The molecule has 0 saturated carbocycles. The van der Waals surface area contributed by atoms with Crippen LogP contribution in [0.5, 0.6) is 17.2 Å². The lowest BCUT2D eigenvalue weighted by Gasteiger charge is -2.23. The van der Waals surface area contributed by atoms with Gasteiger partial charge in [-0.2, -0.15) is 0 Å². The molecule has 0 heterocycles. The number of ketones is 1. The van der Waals surface area contributed by atoms with E-state index in [9.17, 15) is 4.79 Å². The van der Waals surface area contributed by atoms with E-state index in [1.165, 1.54) is 0 Å². The molecule has 0 radical (unpaired) electrons. The zero-order chi connectivity index (χ0) is 13.3. The SMILES string of the molecule is COc1c(Br)c2c(c(OC)c1OC)CCCC2=O. The van der Waals surface area contributed by atoms with Gasteiger partial charge in [0.15, 0.2) is 17.3 Å². The highest BCUT2D eigenvalue weighted by atomic mass is 79.9. The summed E-state index contributed by atoms with van der Waals surface area (Å²) in [4.78, 5) is 12.1. The van der Waals surface area contributed by atoms with Crippen LogP contribution >= 0.6 is 15.9 Å². The van der Waals surface area contributed by atoms with Crippen LogP contribution in [-0.2, 0) is 6.42 Å². The number of carbonyl (C=O) groups is 1. The molecule has 1 aromatic carbocycles. The molecular weight excluding hydrogens is 300 g/mol. The molecular formula is C13H15BrO4. The second-order valence-electron chi connectivity index (χ2n) is 4.04.